The molecular weight excluding hydrogens is 707 g/mol. The van der Waals surface area contributed by atoms with Gasteiger partial charge in [-0.25, -0.2) is 5.10 Å². The molecule has 0 aliphatic heterocycles. The molecule has 0 saturated heterocycles. The van der Waals surface area contributed by atoms with Crippen LogP contribution in [0.2, 0.25) is 10.3 Å². The molecule has 0 radical (unpaired) electrons. The zero-order valence-corrected chi connectivity index (χ0v) is 30.3. The fourth-order valence-electron chi connectivity index (χ4n) is 4.82. The van der Waals surface area contributed by atoms with Crippen LogP contribution in [-0.2, 0) is 0 Å². The fourth-order valence-corrected chi connectivity index (χ4v) is 5.23. The lowest BCUT2D eigenvalue weighted by molar-refractivity contribution is 0.734. The molecule has 4 aromatic carbocycles. The van der Waals surface area contributed by atoms with E-state index in [1.54, 1.807) is 43.2 Å². The first-order valence-electron chi connectivity index (χ1n) is 16.5. The second kappa shape index (κ2) is 19.9. The van der Waals surface area contributed by atoms with Crippen LogP contribution in [0.25, 0.3) is 43.1 Å². The Morgan fingerprint density at radius 3 is 1.51 bits per heavy atom. The minimum atomic E-state index is -0.136. The maximum atomic E-state index is 11.1. The van der Waals surface area contributed by atoms with Gasteiger partial charge >= 0.3 is 0 Å². The van der Waals surface area contributed by atoms with Crippen LogP contribution in [-0.4, -0.2) is 51.0 Å². The van der Waals surface area contributed by atoms with E-state index < -0.39 is 0 Å². The second-order valence-electron chi connectivity index (χ2n) is 11.3. The summed E-state index contributed by atoms with van der Waals surface area (Å²) in [6.07, 6.45) is 13.2. The first-order valence-corrected chi connectivity index (χ1v) is 17.3. The summed E-state index contributed by atoms with van der Waals surface area (Å²) in [5.41, 5.74) is 1.25. The van der Waals surface area contributed by atoms with Gasteiger partial charge in [0.15, 0.2) is 10.3 Å². The molecular formula is C40H34Cl2N10O. The standard InChI is InChI=1S/C12H14N2.C8H4Cl2N2.C8H6N2O.C8H6N2.C4H4N2/c1-3-9(2)10-4-5-11-7-13-14-8-12(11)6-10;9-7-5-3-1-2-4-6(5)8(10)12-11-7;11-8-7-4-2-1-3-6(7)5-9-10-8;1-2-4-8-6-10-9-5-7(8)3-1;1-2-4-6-5-3-1/h4-9H,3H2,1-2H3;1-4H;1-5H,(H,10,11);1-6H;1-4H. The zero-order valence-electron chi connectivity index (χ0n) is 28.8. The average molecular weight is 742 g/mol. The number of H-pyrrole nitrogens is 1. The van der Waals surface area contributed by atoms with E-state index in [9.17, 15) is 4.79 Å². The molecule has 0 fully saturated rings. The first kappa shape index (κ1) is 37.9. The zero-order chi connectivity index (χ0) is 37.3. The maximum absolute atomic E-state index is 11.1. The predicted octanol–water partition coefficient (Wildman–Crippen LogP) is 9.11. The van der Waals surface area contributed by atoms with E-state index in [1.807, 2.05) is 85.1 Å². The van der Waals surface area contributed by atoms with Gasteiger partial charge in [0, 0.05) is 55.5 Å². The Morgan fingerprint density at radius 1 is 0.547 bits per heavy atom. The summed E-state index contributed by atoms with van der Waals surface area (Å²) >= 11 is 11.6. The van der Waals surface area contributed by atoms with Crippen LogP contribution < -0.4 is 5.56 Å². The molecule has 9 aromatic rings. The number of rotatable bonds is 2. The molecule has 13 heteroatoms. The van der Waals surface area contributed by atoms with Gasteiger partial charge in [-0.2, -0.15) is 35.7 Å². The van der Waals surface area contributed by atoms with Crippen molar-refractivity contribution >= 4 is 66.3 Å². The Bertz CT molecular complexity index is 2420. The van der Waals surface area contributed by atoms with Crippen molar-refractivity contribution in [3.05, 3.63) is 173 Å². The predicted molar refractivity (Wildman–Crippen MR) is 212 cm³/mol. The number of hydrogen-bond donors (Lipinski definition) is 1. The van der Waals surface area contributed by atoms with Crippen LogP contribution in [0.5, 0.6) is 0 Å². The van der Waals surface area contributed by atoms with Gasteiger partial charge in [0.2, 0.25) is 0 Å². The van der Waals surface area contributed by atoms with Crippen LogP contribution in [0.3, 0.4) is 0 Å². The monoisotopic (exact) mass is 740 g/mol. The molecule has 0 spiro atoms. The molecule has 5 heterocycles. The van der Waals surface area contributed by atoms with Gasteiger partial charge in [-0.3, -0.25) is 4.79 Å². The lowest BCUT2D eigenvalue weighted by Crippen LogP contribution is -2.06. The van der Waals surface area contributed by atoms with Gasteiger partial charge in [0.05, 0.1) is 31.0 Å². The topological polar surface area (TPSA) is 149 Å². The van der Waals surface area contributed by atoms with Crippen LogP contribution in [0.4, 0.5) is 0 Å². The minimum Gasteiger partial charge on any atom is -0.267 e. The van der Waals surface area contributed by atoms with Gasteiger partial charge in [-0.1, -0.05) is 116 Å². The average Bonchev–Trinajstić information content (AvgIpc) is 3.24. The Balaban J connectivity index is 0.000000130. The number of halogens is 2. The Labute approximate surface area is 315 Å². The molecule has 1 N–H and O–H groups in total. The lowest BCUT2D eigenvalue weighted by Gasteiger charge is -2.09. The molecule has 1 unspecified atom stereocenters. The molecule has 0 amide bonds. The molecule has 53 heavy (non-hydrogen) atoms. The number of hydrogen-bond acceptors (Lipinski definition) is 10. The van der Waals surface area contributed by atoms with Crippen molar-refractivity contribution in [2.75, 3.05) is 0 Å². The molecule has 264 valence electrons. The summed E-state index contributed by atoms with van der Waals surface area (Å²) in [7, 11) is 0. The van der Waals surface area contributed by atoms with Crippen molar-refractivity contribution in [3.8, 4) is 0 Å². The SMILES string of the molecule is CCC(C)c1ccc2cnncc2c1.Clc1nnc(Cl)c2ccccc12.O=c1[nH]ncc2ccccc12.c1ccc2cnncc2c1.c1ccnnc1. The Morgan fingerprint density at radius 2 is 1.02 bits per heavy atom. The van der Waals surface area contributed by atoms with Crippen molar-refractivity contribution < 1.29 is 0 Å². The second-order valence-corrected chi connectivity index (χ2v) is 12.0. The van der Waals surface area contributed by atoms with E-state index in [0.717, 1.165) is 32.3 Å². The van der Waals surface area contributed by atoms with Gasteiger partial charge in [-0.05, 0) is 42.2 Å². The number of fused-ring (bicyclic) bond motifs is 4. The fraction of sp³-hybridized carbons (Fsp3) is 0.100. The van der Waals surface area contributed by atoms with E-state index in [2.05, 4.69) is 83.0 Å². The number of aromatic amines is 1. The van der Waals surface area contributed by atoms with E-state index in [-0.39, 0.29) is 5.56 Å². The summed E-state index contributed by atoms with van der Waals surface area (Å²) < 4.78 is 0. The third kappa shape index (κ3) is 11.1. The molecule has 5 aromatic heterocycles. The number of benzene rings is 4. The highest BCUT2D eigenvalue weighted by Gasteiger charge is 2.04. The Hall–Kier alpha value is -6.30. The largest absolute Gasteiger partial charge is 0.272 e. The van der Waals surface area contributed by atoms with Crippen LogP contribution in [0, 0.1) is 0 Å². The quantitative estimate of drug-likeness (QED) is 0.182. The highest BCUT2D eigenvalue weighted by atomic mass is 35.5. The van der Waals surface area contributed by atoms with Crippen molar-refractivity contribution in [1.29, 1.82) is 0 Å². The van der Waals surface area contributed by atoms with Crippen LogP contribution in [0.1, 0.15) is 31.7 Å². The van der Waals surface area contributed by atoms with Crippen molar-refractivity contribution in [3.63, 3.8) is 0 Å². The van der Waals surface area contributed by atoms with Gasteiger partial charge in [0.25, 0.3) is 5.56 Å². The normalized spacial score (nSPS) is 10.7. The Kier molecular flexibility index (Phi) is 14.3. The van der Waals surface area contributed by atoms with E-state index >= 15 is 0 Å². The number of aromatic nitrogens is 10. The summed E-state index contributed by atoms with van der Waals surface area (Å²) in [5.74, 6) is 0.618. The van der Waals surface area contributed by atoms with E-state index in [1.165, 1.54) is 17.4 Å². The number of nitrogens with zero attached hydrogens (tertiary/aromatic N) is 9. The molecule has 0 aliphatic carbocycles. The third-order valence-corrected chi connectivity index (χ3v) is 8.42. The molecule has 1 atom stereocenters. The molecule has 11 nitrogen and oxygen atoms in total. The molecule has 0 aliphatic rings. The summed E-state index contributed by atoms with van der Waals surface area (Å²) in [5, 5.41) is 44.4. The highest BCUT2D eigenvalue weighted by molar-refractivity contribution is 6.38. The molecule has 0 bridgehead atoms. The third-order valence-electron chi connectivity index (χ3n) is 7.86. The lowest BCUT2D eigenvalue weighted by atomic mass is 9.97. The van der Waals surface area contributed by atoms with Crippen molar-refractivity contribution in [1.82, 2.24) is 51.0 Å². The molecule has 0 saturated carbocycles. The van der Waals surface area contributed by atoms with Crippen molar-refractivity contribution in [2.45, 2.75) is 26.2 Å². The van der Waals surface area contributed by atoms with Gasteiger partial charge < -0.3 is 0 Å². The summed E-state index contributed by atoms with van der Waals surface area (Å²) in [6.45, 7) is 4.45. The smallest absolute Gasteiger partial charge is 0.267 e. The first-order chi connectivity index (χ1) is 25.9. The van der Waals surface area contributed by atoms with E-state index in [0.29, 0.717) is 21.6 Å². The maximum Gasteiger partial charge on any atom is 0.272 e. The van der Waals surface area contributed by atoms with Gasteiger partial charge in [0.1, 0.15) is 0 Å². The van der Waals surface area contributed by atoms with Gasteiger partial charge in [-0.15, -0.1) is 10.2 Å². The highest BCUT2D eigenvalue weighted by Crippen LogP contribution is 2.25. The number of nitrogens with one attached hydrogen (secondary N) is 1. The molecule has 9 rings (SSSR count). The minimum absolute atomic E-state index is 0.136. The summed E-state index contributed by atoms with van der Waals surface area (Å²) in [6, 6.07) is 33.0. The summed E-state index contributed by atoms with van der Waals surface area (Å²) in [4.78, 5) is 11.1. The van der Waals surface area contributed by atoms with E-state index in [4.69, 9.17) is 23.2 Å². The van der Waals surface area contributed by atoms with Crippen LogP contribution in [0.15, 0.2) is 151 Å². The van der Waals surface area contributed by atoms with Crippen molar-refractivity contribution in [2.24, 2.45) is 0 Å². The van der Waals surface area contributed by atoms with Crippen LogP contribution >= 0.6 is 23.2 Å².